The molecule has 0 bridgehead atoms. The fourth-order valence-corrected chi connectivity index (χ4v) is 1.65. The van der Waals surface area contributed by atoms with E-state index >= 15 is 0 Å². The lowest BCUT2D eigenvalue weighted by Crippen LogP contribution is -2.53. The molecule has 2 N–H and O–H groups in total. The Kier molecular flexibility index (Phi) is 5.96. The fourth-order valence-electron chi connectivity index (χ4n) is 1.65. The van der Waals surface area contributed by atoms with Crippen molar-refractivity contribution in [3.63, 3.8) is 0 Å². The first-order valence-electron chi connectivity index (χ1n) is 6.43. The molecule has 0 aromatic heterocycles. The summed E-state index contributed by atoms with van der Waals surface area (Å²) < 4.78 is 12.7. The molecule has 2 atom stereocenters. The van der Waals surface area contributed by atoms with Gasteiger partial charge in [-0.25, -0.2) is 9.18 Å². The Labute approximate surface area is 117 Å². The highest BCUT2D eigenvalue weighted by Crippen LogP contribution is 2.07. The zero-order chi connectivity index (χ0) is 15.1. The number of hydrogen-bond donors (Lipinski definition) is 2. The van der Waals surface area contributed by atoms with Gasteiger partial charge in [0.25, 0.3) is 0 Å². The molecular formula is C14H18FN2O3-. The van der Waals surface area contributed by atoms with Crippen molar-refractivity contribution >= 4 is 12.0 Å². The number of carbonyl (C=O) groups is 2. The van der Waals surface area contributed by atoms with E-state index in [0.29, 0.717) is 6.42 Å². The smallest absolute Gasteiger partial charge is 0.315 e. The molecule has 110 valence electrons. The van der Waals surface area contributed by atoms with Crippen molar-refractivity contribution in [2.75, 3.05) is 0 Å². The number of carboxylic acids is 1. The van der Waals surface area contributed by atoms with Gasteiger partial charge in [0.1, 0.15) is 5.82 Å². The van der Waals surface area contributed by atoms with E-state index in [0.717, 1.165) is 5.56 Å². The Morgan fingerprint density at radius 3 is 2.40 bits per heavy atom. The number of amides is 2. The van der Waals surface area contributed by atoms with Gasteiger partial charge in [-0.05, 0) is 23.6 Å². The maximum atomic E-state index is 12.7. The lowest BCUT2D eigenvalue weighted by Gasteiger charge is -2.25. The third kappa shape index (κ3) is 4.87. The Bertz CT molecular complexity index is 462. The van der Waals surface area contributed by atoms with Gasteiger partial charge >= 0.3 is 6.03 Å². The summed E-state index contributed by atoms with van der Waals surface area (Å²) in [5, 5.41) is 15.8. The molecule has 0 aliphatic carbocycles. The molecule has 0 saturated heterocycles. The summed E-state index contributed by atoms with van der Waals surface area (Å²) in [6.45, 7) is 3.74. The Hall–Kier alpha value is -2.11. The minimum atomic E-state index is -1.31. The van der Waals surface area contributed by atoms with Gasteiger partial charge in [0.2, 0.25) is 0 Å². The molecule has 5 nitrogen and oxygen atoms in total. The van der Waals surface area contributed by atoms with Crippen LogP contribution in [0.4, 0.5) is 9.18 Å². The first kappa shape index (κ1) is 15.9. The van der Waals surface area contributed by atoms with E-state index in [2.05, 4.69) is 10.6 Å². The zero-order valence-electron chi connectivity index (χ0n) is 11.5. The summed E-state index contributed by atoms with van der Waals surface area (Å²) in [5.74, 6) is -1.89. The molecule has 0 spiro atoms. The Balaban J connectivity index is 2.49. The summed E-state index contributed by atoms with van der Waals surface area (Å²) in [6, 6.07) is 4.04. The molecule has 0 unspecified atom stereocenters. The van der Waals surface area contributed by atoms with Crippen molar-refractivity contribution in [3.05, 3.63) is 35.6 Å². The van der Waals surface area contributed by atoms with Crippen LogP contribution >= 0.6 is 0 Å². The largest absolute Gasteiger partial charge is 0.548 e. The van der Waals surface area contributed by atoms with Crippen molar-refractivity contribution in [2.24, 2.45) is 5.92 Å². The van der Waals surface area contributed by atoms with Gasteiger partial charge in [-0.2, -0.15) is 0 Å². The maximum absolute atomic E-state index is 12.7. The van der Waals surface area contributed by atoms with Crippen LogP contribution in [-0.4, -0.2) is 18.0 Å². The lowest BCUT2D eigenvalue weighted by molar-refractivity contribution is -0.309. The van der Waals surface area contributed by atoms with Crippen molar-refractivity contribution in [1.29, 1.82) is 0 Å². The Morgan fingerprint density at radius 2 is 1.90 bits per heavy atom. The molecule has 0 heterocycles. The summed E-state index contributed by atoms with van der Waals surface area (Å²) in [7, 11) is 0. The highest BCUT2D eigenvalue weighted by Gasteiger charge is 2.19. The molecule has 0 aliphatic heterocycles. The minimum absolute atomic E-state index is 0.187. The Morgan fingerprint density at radius 1 is 1.30 bits per heavy atom. The molecule has 1 rings (SSSR count). The monoisotopic (exact) mass is 281 g/mol. The second-order valence-corrected chi connectivity index (χ2v) is 4.64. The number of carboxylic acid groups (broad SMARTS) is 1. The molecule has 0 saturated carbocycles. The molecular weight excluding hydrogens is 263 g/mol. The summed E-state index contributed by atoms with van der Waals surface area (Å²) >= 11 is 0. The van der Waals surface area contributed by atoms with E-state index in [1.807, 2.05) is 6.92 Å². The molecule has 0 fully saturated rings. The standard InChI is InChI=1S/C14H19FN2O3/c1-3-9(2)12(13(18)19)17-14(20)16-8-10-4-6-11(15)7-5-10/h4-7,9,12H,3,8H2,1-2H3,(H,18,19)(H2,16,17,20)/p-1/t9-,12+/m1/s1. The van der Waals surface area contributed by atoms with Crippen LogP contribution in [0.25, 0.3) is 0 Å². The van der Waals surface area contributed by atoms with E-state index < -0.39 is 18.0 Å². The second-order valence-electron chi connectivity index (χ2n) is 4.64. The van der Waals surface area contributed by atoms with Crippen LogP contribution in [0.1, 0.15) is 25.8 Å². The van der Waals surface area contributed by atoms with Gasteiger partial charge in [0, 0.05) is 6.54 Å². The van der Waals surface area contributed by atoms with Crippen LogP contribution in [0.15, 0.2) is 24.3 Å². The van der Waals surface area contributed by atoms with E-state index in [1.54, 1.807) is 19.1 Å². The average Bonchev–Trinajstić information content (AvgIpc) is 2.43. The number of urea groups is 1. The van der Waals surface area contributed by atoms with Crippen LogP contribution in [0.3, 0.4) is 0 Å². The second kappa shape index (κ2) is 7.47. The third-order valence-electron chi connectivity index (χ3n) is 3.12. The predicted molar refractivity (Wildman–Crippen MR) is 70.0 cm³/mol. The number of benzene rings is 1. The SMILES string of the molecule is CC[C@@H](C)[C@H](NC(=O)NCc1ccc(F)cc1)C(=O)[O-]. The fraction of sp³-hybridized carbons (Fsp3) is 0.429. The first-order chi connectivity index (χ1) is 9.43. The van der Waals surface area contributed by atoms with E-state index in [9.17, 15) is 19.1 Å². The number of rotatable bonds is 6. The quantitative estimate of drug-likeness (QED) is 0.809. The topological polar surface area (TPSA) is 81.3 Å². The number of carbonyl (C=O) groups excluding carboxylic acids is 2. The normalized spacial score (nSPS) is 13.3. The summed E-state index contributed by atoms with van der Waals surface area (Å²) in [6.07, 6.45) is 0.608. The minimum Gasteiger partial charge on any atom is -0.548 e. The van der Waals surface area contributed by atoms with E-state index in [-0.39, 0.29) is 18.3 Å². The molecule has 0 radical (unpaired) electrons. The first-order valence-corrected chi connectivity index (χ1v) is 6.43. The number of aliphatic carboxylic acids is 1. The predicted octanol–water partition coefficient (Wildman–Crippen LogP) is 0.789. The number of halogens is 1. The van der Waals surface area contributed by atoms with Crippen LogP contribution in [0.2, 0.25) is 0 Å². The van der Waals surface area contributed by atoms with Crippen molar-refractivity contribution < 1.29 is 19.1 Å². The maximum Gasteiger partial charge on any atom is 0.315 e. The molecule has 1 aromatic rings. The third-order valence-corrected chi connectivity index (χ3v) is 3.12. The number of hydrogen-bond acceptors (Lipinski definition) is 3. The number of nitrogens with one attached hydrogen (secondary N) is 2. The molecule has 6 heteroatoms. The van der Waals surface area contributed by atoms with Gasteiger partial charge in [0.15, 0.2) is 0 Å². The van der Waals surface area contributed by atoms with E-state index in [4.69, 9.17) is 0 Å². The van der Waals surface area contributed by atoms with Crippen LogP contribution in [0, 0.1) is 11.7 Å². The van der Waals surface area contributed by atoms with Gasteiger partial charge in [-0.1, -0.05) is 32.4 Å². The highest BCUT2D eigenvalue weighted by molar-refractivity contribution is 5.81. The highest BCUT2D eigenvalue weighted by atomic mass is 19.1. The van der Waals surface area contributed by atoms with Gasteiger partial charge in [0.05, 0.1) is 12.0 Å². The molecule has 1 aromatic carbocycles. The molecule has 0 aliphatic rings. The lowest BCUT2D eigenvalue weighted by atomic mass is 9.99. The summed E-state index contributed by atoms with van der Waals surface area (Å²) in [5.41, 5.74) is 0.718. The van der Waals surface area contributed by atoms with Gasteiger partial charge in [-0.15, -0.1) is 0 Å². The van der Waals surface area contributed by atoms with Gasteiger partial charge < -0.3 is 20.5 Å². The molecule has 20 heavy (non-hydrogen) atoms. The van der Waals surface area contributed by atoms with Gasteiger partial charge in [-0.3, -0.25) is 0 Å². The van der Waals surface area contributed by atoms with Crippen LogP contribution in [-0.2, 0) is 11.3 Å². The van der Waals surface area contributed by atoms with Crippen molar-refractivity contribution in [1.82, 2.24) is 10.6 Å². The van der Waals surface area contributed by atoms with Crippen LogP contribution < -0.4 is 15.7 Å². The van der Waals surface area contributed by atoms with E-state index in [1.165, 1.54) is 12.1 Å². The zero-order valence-corrected chi connectivity index (χ0v) is 11.5. The van der Waals surface area contributed by atoms with Crippen molar-refractivity contribution in [2.45, 2.75) is 32.9 Å². The van der Waals surface area contributed by atoms with Crippen LogP contribution in [0.5, 0.6) is 0 Å². The average molecular weight is 281 g/mol. The molecule has 2 amide bonds. The van der Waals surface area contributed by atoms with Crippen molar-refractivity contribution in [3.8, 4) is 0 Å². The summed E-state index contributed by atoms with van der Waals surface area (Å²) in [4.78, 5) is 22.6.